The number of rotatable bonds is 2. The molecule has 7 heteroatoms. The summed E-state index contributed by atoms with van der Waals surface area (Å²) in [6.45, 7) is 1.88. The molecule has 3 rings (SSSR count). The van der Waals surface area contributed by atoms with Gasteiger partial charge in [0.25, 0.3) is 0 Å². The fourth-order valence-corrected chi connectivity index (χ4v) is 1.97. The zero-order valence-corrected chi connectivity index (χ0v) is 8.82. The van der Waals surface area contributed by atoms with Gasteiger partial charge in [0.15, 0.2) is 0 Å². The van der Waals surface area contributed by atoms with Crippen molar-refractivity contribution in [3.05, 3.63) is 24.0 Å². The lowest BCUT2D eigenvalue weighted by atomic mass is 10.1. The number of benzene rings is 1. The summed E-state index contributed by atoms with van der Waals surface area (Å²) in [6.07, 6.45) is -2.41. The van der Waals surface area contributed by atoms with Crippen molar-refractivity contribution in [3.63, 3.8) is 0 Å². The second kappa shape index (κ2) is 3.06. The van der Waals surface area contributed by atoms with E-state index in [1.165, 1.54) is 16.8 Å². The van der Waals surface area contributed by atoms with E-state index < -0.39 is 6.36 Å². The van der Waals surface area contributed by atoms with Gasteiger partial charge in [0, 0.05) is 6.07 Å². The molecule has 0 saturated carbocycles. The van der Waals surface area contributed by atoms with Gasteiger partial charge in [0.05, 0.1) is 5.52 Å². The van der Waals surface area contributed by atoms with Crippen LogP contribution in [0.25, 0.3) is 11.0 Å². The number of hydrogen-bond donors (Lipinski definition) is 0. The smallest absolute Gasteiger partial charge is 0.406 e. The number of fused-ring (bicyclic) bond motifs is 4. The molecule has 0 spiro atoms. The van der Waals surface area contributed by atoms with Gasteiger partial charge in [0.1, 0.15) is 17.6 Å². The van der Waals surface area contributed by atoms with Crippen LogP contribution in [0.3, 0.4) is 0 Å². The molecule has 2 heterocycles. The highest BCUT2D eigenvalue weighted by Gasteiger charge is 2.32. The highest BCUT2D eigenvalue weighted by molar-refractivity contribution is 5.83. The highest BCUT2D eigenvalue weighted by Crippen LogP contribution is 2.31. The maximum Gasteiger partial charge on any atom is 0.573 e. The zero-order chi connectivity index (χ0) is 12.2. The van der Waals surface area contributed by atoms with Crippen LogP contribution in [0.15, 0.2) is 18.5 Å². The van der Waals surface area contributed by atoms with Crippen LogP contribution in [-0.2, 0) is 6.42 Å². The summed E-state index contributed by atoms with van der Waals surface area (Å²) in [5.74, 6) is -0.199. The molecule has 2 aromatic heterocycles. The molecule has 0 aliphatic heterocycles. The summed E-state index contributed by atoms with van der Waals surface area (Å²) >= 11 is 0. The zero-order valence-electron chi connectivity index (χ0n) is 8.82. The van der Waals surface area contributed by atoms with E-state index in [9.17, 15) is 13.2 Å². The highest BCUT2D eigenvalue weighted by atomic mass is 19.4. The van der Waals surface area contributed by atoms with E-state index in [0.717, 1.165) is 11.1 Å². The summed E-state index contributed by atoms with van der Waals surface area (Å²) in [5.41, 5.74) is 2.35. The third-order valence-corrected chi connectivity index (χ3v) is 2.68. The number of aryl methyl sites for hydroxylation is 1. The molecule has 0 N–H and O–H groups in total. The lowest BCUT2D eigenvalue weighted by Crippen LogP contribution is -2.22. The van der Waals surface area contributed by atoms with Crippen molar-refractivity contribution in [2.75, 3.05) is 0 Å². The van der Waals surface area contributed by atoms with Gasteiger partial charge >= 0.3 is 6.36 Å². The molecular weight excluding hydrogens is 235 g/mol. The summed E-state index contributed by atoms with van der Waals surface area (Å²) in [4.78, 5) is 0. The Morgan fingerprint density at radius 3 is 2.65 bits per heavy atom. The maximum atomic E-state index is 12.1. The van der Waals surface area contributed by atoms with E-state index in [4.69, 9.17) is 0 Å². The number of nitrogens with zero attached hydrogens (tertiary/aromatic N) is 3. The minimum atomic E-state index is -4.67. The monoisotopic (exact) mass is 243 g/mol. The fraction of sp³-hybridized carbons (Fsp3) is 0.300. The van der Waals surface area contributed by atoms with Crippen LogP contribution < -0.4 is 4.74 Å². The normalized spacial score (nSPS) is 12.9. The van der Waals surface area contributed by atoms with Crippen LogP contribution >= 0.6 is 0 Å². The minimum absolute atomic E-state index is 0.199. The predicted molar refractivity (Wildman–Crippen MR) is 53.4 cm³/mol. The molecule has 0 aliphatic rings. The molecule has 0 atom stereocenters. The van der Waals surface area contributed by atoms with Gasteiger partial charge < -0.3 is 4.74 Å². The molecule has 0 fully saturated rings. The first kappa shape index (κ1) is 10.2. The number of aromatic nitrogens is 3. The Labute approximate surface area is 93.5 Å². The van der Waals surface area contributed by atoms with E-state index in [1.807, 2.05) is 6.92 Å². The Kier molecular flexibility index (Phi) is 1.84. The molecule has 0 radical (unpaired) electrons. The van der Waals surface area contributed by atoms with Gasteiger partial charge in [-0.1, -0.05) is 6.92 Å². The molecule has 17 heavy (non-hydrogen) atoms. The second-order valence-electron chi connectivity index (χ2n) is 3.72. The van der Waals surface area contributed by atoms with Crippen LogP contribution in [0.2, 0.25) is 0 Å². The van der Waals surface area contributed by atoms with Crippen molar-refractivity contribution in [2.45, 2.75) is 19.7 Å². The third kappa shape index (κ3) is 1.42. The van der Waals surface area contributed by atoms with Gasteiger partial charge in [-0.3, -0.25) is 0 Å². The first-order valence-electron chi connectivity index (χ1n) is 5.05. The maximum absolute atomic E-state index is 12.1. The van der Waals surface area contributed by atoms with Crippen molar-refractivity contribution < 1.29 is 17.9 Å². The lowest BCUT2D eigenvalue weighted by molar-refractivity contribution is -0.274. The summed E-state index contributed by atoms with van der Waals surface area (Å²) in [5, 5.41) is 3.89. The van der Waals surface area contributed by atoms with Crippen LogP contribution in [-0.4, -0.2) is 20.6 Å². The molecule has 0 aliphatic carbocycles. The average Bonchev–Trinajstić information content (AvgIpc) is 2.17. The molecule has 4 nitrogen and oxygen atoms in total. The summed E-state index contributed by atoms with van der Waals surface area (Å²) in [6, 6.07) is 2.75. The second-order valence-corrected chi connectivity index (χ2v) is 3.72. The van der Waals surface area contributed by atoms with Crippen LogP contribution in [0.5, 0.6) is 5.75 Å². The van der Waals surface area contributed by atoms with Gasteiger partial charge in [-0.05, 0) is 18.1 Å². The van der Waals surface area contributed by atoms with Gasteiger partial charge in [0.2, 0.25) is 0 Å². The molecule has 90 valence electrons. The van der Waals surface area contributed by atoms with Crippen molar-refractivity contribution in [3.8, 4) is 5.75 Å². The Morgan fingerprint density at radius 2 is 2.12 bits per heavy atom. The molecule has 0 saturated heterocycles. The predicted octanol–water partition coefficient (Wildman–Crippen LogP) is 2.49. The summed E-state index contributed by atoms with van der Waals surface area (Å²) in [7, 11) is 0. The lowest BCUT2D eigenvalue weighted by Gasteiger charge is -2.21. The van der Waals surface area contributed by atoms with E-state index in [2.05, 4.69) is 9.84 Å². The number of ether oxygens (including phenoxy) is 1. The molecule has 3 aromatic rings. The molecule has 0 amide bonds. The van der Waals surface area contributed by atoms with Gasteiger partial charge in [-0.2, -0.15) is 4.63 Å². The van der Waals surface area contributed by atoms with Crippen molar-refractivity contribution >= 4 is 11.0 Å². The standard InChI is InChI=1S/C10H8F3N3O/c1-2-6-3-7(17-10(11,12)13)4-8-9(6)15-5-14-16(8)15/h3-5H,2H2,1H3. The van der Waals surface area contributed by atoms with Crippen LogP contribution in [0.1, 0.15) is 12.5 Å². The Morgan fingerprint density at radius 1 is 1.35 bits per heavy atom. The number of alkyl halides is 3. The number of hydrogen-bond acceptors (Lipinski definition) is 2. The average molecular weight is 243 g/mol. The molecular formula is C10H8F3N3O. The summed E-state index contributed by atoms with van der Waals surface area (Å²) < 4.78 is 43.7. The first-order valence-corrected chi connectivity index (χ1v) is 5.05. The quantitative estimate of drug-likeness (QED) is 0.692. The first-order chi connectivity index (χ1) is 7.99. The van der Waals surface area contributed by atoms with Crippen LogP contribution in [0.4, 0.5) is 13.2 Å². The largest absolute Gasteiger partial charge is 0.573 e. The van der Waals surface area contributed by atoms with Crippen molar-refractivity contribution in [1.29, 1.82) is 0 Å². The topological polar surface area (TPSA) is 30.9 Å². The van der Waals surface area contributed by atoms with Gasteiger partial charge in [-0.25, -0.2) is 4.52 Å². The van der Waals surface area contributed by atoms with Crippen molar-refractivity contribution in [2.24, 2.45) is 0 Å². The molecule has 0 unspecified atom stereocenters. The minimum Gasteiger partial charge on any atom is -0.406 e. The third-order valence-electron chi connectivity index (χ3n) is 2.68. The molecule has 1 aromatic carbocycles. The fourth-order valence-electron chi connectivity index (χ4n) is 1.97. The van der Waals surface area contributed by atoms with E-state index in [-0.39, 0.29) is 5.75 Å². The van der Waals surface area contributed by atoms with Crippen molar-refractivity contribution in [1.82, 2.24) is 14.2 Å². The SMILES string of the molecule is CCc1cc(OC(F)(F)F)cc2c1n1cnn21. The van der Waals surface area contributed by atoms with E-state index in [1.54, 1.807) is 10.8 Å². The van der Waals surface area contributed by atoms with E-state index >= 15 is 0 Å². The van der Waals surface area contributed by atoms with Crippen LogP contribution in [0, 0.1) is 0 Å². The van der Waals surface area contributed by atoms with E-state index in [0.29, 0.717) is 11.9 Å². The Hall–Kier alpha value is -1.92. The Balaban J connectivity index is 2.12. The molecule has 0 bridgehead atoms. The van der Waals surface area contributed by atoms with Gasteiger partial charge in [-0.15, -0.1) is 18.3 Å². The Bertz CT molecular complexity index is 667. The number of halogens is 3.